The number of ether oxygens (including phenoxy) is 1. The third kappa shape index (κ3) is 15.1. The lowest BCUT2D eigenvalue weighted by atomic mass is 9.95. The number of carboxylic acids is 1. The average Bonchev–Trinajstić information content (AvgIpc) is 3.67. The Morgan fingerprint density at radius 2 is 1.50 bits per heavy atom. The summed E-state index contributed by atoms with van der Waals surface area (Å²) < 4.78 is 5.87. The van der Waals surface area contributed by atoms with Gasteiger partial charge in [-0.05, 0) is 47.2 Å². The highest BCUT2D eigenvalue weighted by Crippen LogP contribution is 2.29. The molecule has 4 aromatic rings. The first-order valence-corrected chi connectivity index (χ1v) is 19.1. The number of aliphatic hydroxyl groups excluding tert-OH is 1. The fraction of sp³-hybridized carbons (Fsp3) is 0.415. The second-order valence-electron chi connectivity index (χ2n) is 13.8. The Morgan fingerprint density at radius 1 is 0.852 bits per heavy atom. The quantitative estimate of drug-likeness (QED) is 0.0682. The average molecular weight is 760 g/mol. The molecule has 0 aliphatic rings. The van der Waals surface area contributed by atoms with E-state index in [4.69, 9.17) is 20.7 Å². The highest BCUT2D eigenvalue weighted by molar-refractivity contribution is 7.14. The lowest BCUT2D eigenvalue weighted by molar-refractivity contribution is -0.138. The fourth-order valence-electron chi connectivity index (χ4n) is 5.11. The Hall–Kier alpha value is -5.14. The number of hydrogen-bond donors (Lipinski definition) is 5. The number of aromatic nitrogens is 2. The predicted molar refractivity (Wildman–Crippen MR) is 211 cm³/mol. The lowest BCUT2D eigenvalue weighted by Gasteiger charge is -2.16. The molecule has 0 aliphatic heterocycles. The van der Waals surface area contributed by atoms with Crippen molar-refractivity contribution in [3.63, 3.8) is 0 Å². The van der Waals surface area contributed by atoms with Gasteiger partial charge in [0, 0.05) is 47.8 Å². The fourth-order valence-corrected chi connectivity index (χ4v) is 6.08. The van der Waals surface area contributed by atoms with Gasteiger partial charge >= 0.3 is 5.97 Å². The summed E-state index contributed by atoms with van der Waals surface area (Å²) in [6, 6.07) is 18.6. The van der Waals surface area contributed by atoms with Crippen LogP contribution in [0.1, 0.15) is 92.8 Å². The van der Waals surface area contributed by atoms with Gasteiger partial charge in [-0.25, -0.2) is 9.97 Å². The number of carboxylic acid groups (broad SMARTS) is 1. The van der Waals surface area contributed by atoms with E-state index in [1.807, 2.05) is 67.0 Å². The molecule has 2 heterocycles. The molecule has 0 bridgehead atoms. The van der Waals surface area contributed by atoms with E-state index in [9.17, 15) is 19.2 Å². The number of nitrogens with two attached hydrogens (primary N) is 1. The van der Waals surface area contributed by atoms with Crippen LogP contribution in [-0.2, 0) is 26.2 Å². The molecule has 12 nitrogen and oxygen atoms in total. The Bertz CT molecular complexity index is 1770. The van der Waals surface area contributed by atoms with Gasteiger partial charge in [0.05, 0.1) is 24.5 Å². The summed E-state index contributed by atoms with van der Waals surface area (Å²) in [5.74, 6) is -0.743. The lowest BCUT2D eigenvalue weighted by Crippen LogP contribution is -2.45. The summed E-state index contributed by atoms with van der Waals surface area (Å²) in [5.41, 5.74) is 9.26. The SMILES string of the molecule is CCCCCCCOc1ccc(-c2cnc(-c3ccc(CC(NC(=O)c4ccc(C(C)(C)C)s4)C(N)=O)cc3)nc2)cc1.O=C(O)CCC(=O)NCCO. The Labute approximate surface area is 321 Å². The minimum Gasteiger partial charge on any atom is -0.494 e. The van der Waals surface area contributed by atoms with Gasteiger partial charge in [0.15, 0.2) is 5.82 Å². The van der Waals surface area contributed by atoms with E-state index >= 15 is 0 Å². The van der Waals surface area contributed by atoms with Crippen LogP contribution in [0.2, 0.25) is 0 Å². The molecule has 0 saturated carbocycles. The van der Waals surface area contributed by atoms with E-state index < -0.39 is 17.9 Å². The van der Waals surface area contributed by atoms with Crippen molar-refractivity contribution >= 4 is 35.0 Å². The molecule has 13 heteroatoms. The molecule has 1 unspecified atom stereocenters. The molecule has 0 aliphatic carbocycles. The van der Waals surface area contributed by atoms with E-state index in [0.717, 1.165) is 45.9 Å². The second-order valence-corrected chi connectivity index (χ2v) is 14.9. The molecule has 4 rings (SSSR count). The first kappa shape index (κ1) is 43.3. The van der Waals surface area contributed by atoms with Crippen molar-refractivity contribution in [2.24, 2.45) is 5.73 Å². The minimum absolute atomic E-state index is 0.0324. The molecule has 1 atom stereocenters. The Balaban J connectivity index is 0.000000618. The van der Waals surface area contributed by atoms with Gasteiger partial charge in [0.2, 0.25) is 11.8 Å². The molecule has 0 saturated heterocycles. The van der Waals surface area contributed by atoms with E-state index in [0.29, 0.717) is 10.7 Å². The van der Waals surface area contributed by atoms with Crippen LogP contribution in [0.5, 0.6) is 5.75 Å². The maximum atomic E-state index is 12.8. The number of carbonyl (C=O) groups excluding carboxylic acids is 3. The number of primary amides is 1. The maximum absolute atomic E-state index is 12.8. The molecule has 290 valence electrons. The minimum atomic E-state index is -0.996. The van der Waals surface area contributed by atoms with Gasteiger partial charge in [-0.3, -0.25) is 19.2 Å². The number of nitrogens with zero attached hydrogens (tertiary/aromatic N) is 2. The van der Waals surface area contributed by atoms with Crippen molar-refractivity contribution in [1.82, 2.24) is 20.6 Å². The van der Waals surface area contributed by atoms with Crippen LogP contribution in [0.15, 0.2) is 73.1 Å². The molecular formula is C41H53N5O7S. The molecule has 3 amide bonds. The number of unbranched alkanes of at least 4 members (excludes halogenated alkanes) is 4. The number of aliphatic carboxylic acids is 1. The first-order valence-electron chi connectivity index (χ1n) is 18.2. The number of carbonyl (C=O) groups is 4. The molecular weight excluding hydrogens is 707 g/mol. The zero-order valence-electron chi connectivity index (χ0n) is 31.6. The molecule has 0 spiro atoms. The van der Waals surface area contributed by atoms with E-state index in [1.54, 1.807) is 6.07 Å². The van der Waals surface area contributed by atoms with Crippen molar-refractivity contribution < 1.29 is 34.1 Å². The third-order valence-corrected chi connectivity index (χ3v) is 9.74. The smallest absolute Gasteiger partial charge is 0.303 e. The number of nitrogens with one attached hydrogen (secondary N) is 2. The van der Waals surface area contributed by atoms with E-state index in [2.05, 4.69) is 48.3 Å². The molecule has 2 aromatic carbocycles. The Kier molecular flexibility index (Phi) is 17.8. The number of hydrogen-bond acceptors (Lipinski definition) is 9. The summed E-state index contributed by atoms with van der Waals surface area (Å²) in [7, 11) is 0. The van der Waals surface area contributed by atoms with Gasteiger partial charge in [-0.1, -0.05) is 89.8 Å². The van der Waals surface area contributed by atoms with Crippen molar-refractivity contribution in [1.29, 1.82) is 0 Å². The standard InChI is InChI=1S/C35H42N4O3S.C6H11NO4/c1-5-6-7-8-9-20-42-28-16-14-25(15-17-28)27-22-37-33(38-23-27)26-12-10-24(11-13-26)21-29(32(36)40)39-34(41)30-18-19-31(43-30)35(2,3)4;8-4-3-7-5(9)1-2-6(10)11/h10-19,22-23,29H,5-9,20-21H2,1-4H3,(H2,36,40)(H,39,41);8H,1-4H2,(H,7,9)(H,10,11). The van der Waals surface area contributed by atoms with Crippen LogP contribution in [0, 0.1) is 0 Å². The highest BCUT2D eigenvalue weighted by Gasteiger charge is 2.23. The van der Waals surface area contributed by atoms with Crippen LogP contribution in [0.25, 0.3) is 22.5 Å². The third-order valence-electron chi connectivity index (χ3n) is 8.23. The number of benzene rings is 2. The largest absolute Gasteiger partial charge is 0.494 e. The first-order chi connectivity index (χ1) is 25.8. The zero-order valence-corrected chi connectivity index (χ0v) is 32.4. The van der Waals surface area contributed by atoms with E-state index in [-0.39, 0.29) is 49.6 Å². The van der Waals surface area contributed by atoms with Gasteiger partial charge in [0.25, 0.3) is 5.91 Å². The summed E-state index contributed by atoms with van der Waals surface area (Å²) >= 11 is 1.43. The summed E-state index contributed by atoms with van der Waals surface area (Å²) in [6.45, 7) is 9.31. The van der Waals surface area contributed by atoms with Gasteiger partial charge in [0.1, 0.15) is 11.8 Å². The molecule has 6 N–H and O–H groups in total. The zero-order chi connectivity index (χ0) is 39.5. The highest BCUT2D eigenvalue weighted by atomic mass is 32.1. The topological polar surface area (TPSA) is 194 Å². The number of aliphatic hydroxyl groups is 1. The number of rotatable bonds is 19. The van der Waals surface area contributed by atoms with Crippen LogP contribution in [-0.4, -0.2) is 69.7 Å². The number of thiophene rings is 1. The van der Waals surface area contributed by atoms with Gasteiger partial charge < -0.3 is 31.3 Å². The van der Waals surface area contributed by atoms with Gasteiger partial charge in [-0.2, -0.15) is 0 Å². The van der Waals surface area contributed by atoms with Crippen LogP contribution < -0.4 is 21.1 Å². The molecule has 0 fully saturated rings. The predicted octanol–water partition coefficient (Wildman–Crippen LogP) is 6.30. The Morgan fingerprint density at radius 3 is 2.07 bits per heavy atom. The van der Waals surface area contributed by atoms with Crippen molar-refractivity contribution in [2.75, 3.05) is 19.8 Å². The summed E-state index contributed by atoms with van der Waals surface area (Å²) in [5, 5.41) is 21.6. The monoisotopic (exact) mass is 759 g/mol. The van der Waals surface area contributed by atoms with Crippen molar-refractivity contribution in [2.45, 2.75) is 90.5 Å². The van der Waals surface area contributed by atoms with Crippen LogP contribution in [0.3, 0.4) is 0 Å². The normalized spacial score (nSPS) is 11.5. The summed E-state index contributed by atoms with van der Waals surface area (Å²) in [6.07, 6.45) is 9.80. The van der Waals surface area contributed by atoms with E-state index in [1.165, 1.54) is 37.0 Å². The van der Waals surface area contributed by atoms with Crippen LogP contribution >= 0.6 is 11.3 Å². The van der Waals surface area contributed by atoms with Gasteiger partial charge in [-0.15, -0.1) is 11.3 Å². The van der Waals surface area contributed by atoms with Crippen LogP contribution in [0.4, 0.5) is 0 Å². The molecule has 2 aromatic heterocycles. The summed E-state index contributed by atoms with van der Waals surface area (Å²) in [4.78, 5) is 56.4. The van der Waals surface area contributed by atoms with Crippen molar-refractivity contribution in [3.8, 4) is 28.3 Å². The number of amides is 3. The van der Waals surface area contributed by atoms with Crippen molar-refractivity contribution in [3.05, 3.63) is 88.4 Å². The molecule has 0 radical (unpaired) electrons. The molecule has 54 heavy (non-hydrogen) atoms. The second kappa shape index (κ2) is 22.2. The maximum Gasteiger partial charge on any atom is 0.303 e.